The first-order valence-corrected chi connectivity index (χ1v) is 5.92. The summed E-state index contributed by atoms with van der Waals surface area (Å²) in [4.78, 5) is 2.25. The first-order chi connectivity index (χ1) is 6.72. The molecule has 14 heavy (non-hydrogen) atoms. The van der Waals surface area contributed by atoms with E-state index in [1.807, 2.05) is 6.07 Å². The van der Waals surface area contributed by atoms with Crippen molar-refractivity contribution in [2.24, 2.45) is 0 Å². The predicted molar refractivity (Wildman–Crippen MR) is 62.2 cm³/mol. The molecule has 2 rings (SSSR count). The molecule has 0 saturated heterocycles. The van der Waals surface area contributed by atoms with Crippen molar-refractivity contribution in [2.45, 2.75) is 12.5 Å². The van der Waals surface area contributed by atoms with E-state index in [0.717, 1.165) is 18.5 Å². The summed E-state index contributed by atoms with van der Waals surface area (Å²) in [6, 6.07) is 6.22. The van der Waals surface area contributed by atoms with E-state index < -0.39 is 0 Å². The van der Waals surface area contributed by atoms with Crippen molar-refractivity contribution in [3.63, 3.8) is 0 Å². The summed E-state index contributed by atoms with van der Waals surface area (Å²) in [7, 11) is 2.10. The molecule has 1 heterocycles. The van der Waals surface area contributed by atoms with Crippen LogP contribution in [-0.4, -0.2) is 24.0 Å². The molecule has 3 heteroatoms. The van der Waals surface area contributed by atoms with Gasteiger partial charge in [-0.2, -0.15) is 0 Å². The number of alkyl halides is 1. The molecule has 1 N–H and O–H groups in total. The average Bonchev–Trinajstić information content (AvgIpc) is 2.59. The zero-order chi connectivity index (χ0) is 10.1. The van der Waals surface area contributed by atoms with Gasteiger partial charge in [-0.25, -0.2) is 0 Å². The van der Waals surface area contributed by atoms with Gasteiger partial charge >= 0.3 is 0 Å². The molecule has 0 bridgehead atoms. The summed E-state index contributed by atoms with van der Waals surface area (Å²) < 4.78 is 0. The highest BCUT2D eigenvalue weighted by Crippen LogP contribution is 2.29. The number of aliphatic hydroxyl groups is 1. The summed E-state index contributed by atoms with van der Waals surface area (Å²) >= 11 is 3.28. The lowest BCUT2D eigenvalue weighted by atomic mass is 10.1. The first-order valence-electron chi connectivity index (χ1n) is 4.80. The van der Waals surface area contributed by atoms with Gasteiger partial charge in [0.25, 0.3) is 0 Å². The number of hydrogen-bond donors (Lipinski definition) is 1. The molecule has 1 unspecified atom stereocenters. The van der Waals surface area contributed by atoms with Crippen LogP contribution in [0.3, 0.4) is 0 Å². The van der Waals surface area contributed by atoms with E-state index in [1.165, 1.54) is 11.3 Å². The highest BCUT2D eigenvalue weighted by Gasteiger charge is 2.17. The Hall–Kier alpha value is -0.540. The molecular formula is C11H14BrNO. The van der Waals surface area contributed by atoms with Crippen LogP contribution in [0.2, 0.25) is 0 Å². The van der Waals surface area contributed by atoms with Crippen LogP contribution in [0, 0.1) is 0 Å². The van der Waals surface area contributed by atoms with Gasteiger partial charge in [-0.1, -0.05) is 28.1 Å². The number of hydrogen-bond acceptors (Lipinski definition) is 2. The third-order valence-electron chi connectivity index (χ3n) is 2.76. The summed E-state index contributed by atoms with van der Waals surface area (Å²) in [6.45, 7) is 1.09. The second-order valence-electron chi connectivity index (χ2n) is 3.73. The fraction of sp³-hybridized carbons (Fsp3) is 0.455. The van der Waals surface area contributed by atoms with Crippen molar-refractivity contribution in [2.75, 3.05) is 23.8 Å². The third-order valence-corrected chi connectivity index (χ3v) is 3.38. The van der Waals surface area contributed by atoms with Crippen molar-refractivity contribution in [1.82, 2.24) is 0 Å². The van der Waals surface area contributed by atoms with Gasteiger partial charge in [0.15, 0.2) is 0 Å². The Balaban J connectivity index is 2.32. The highest BCUT2D eigenvalue weighted by molar-refractivity contribution is 9.09. The number of nitrogens with zero attached hydrogens (tertiary/aromatic N) is 1. The van der Waals surface area contributed by atoms with Crippen molar-refractivity contribution >= 4 is 21.6 Å². The molecule has 76 valence electrons. The van der Waals surface area contributed by atoms with Crippen LogP contribution >= 0.6 is 15.9 Å². The Kier molecular flexibility index (Phi) is 2.79. The van der Waals surface area contributed by atoms with Crippen LogP contribution in [0.1, 0.15) is 17.2 Å². The Morgan fingerprint density at radius 2 is 2.36 bits per heavy atom. The number of fused-ring (bicyclic) bond motifs is 1. The summed E-state index contributed by atoms with van der Waals surface area (Å²) in [5.41, 5.74) is 3.66. The lowest BCUT2D eigenvalue weighted by Crippen LogP contribution is -2.12. The van der Waals surface area contributed by atoms with E-state index in [4.69, 9.17) is 0 Å². The zero-order valence-corrected chi connectivity index (χ0v) is 9.79. The largest absolute Gasteiger partial charge is 0.388 e. The van der Waals surface area contributed by atoms with Gasteiger partial charge < -0.3 is 10.0 Å². The lowest BCUT2D eigenvalue weighted by Gasteiger charge is -2.13. The van der Waals surface area contributed by atoms with E-state index in [0.29, 0.717) is 5.33 Å². The maximum absolute atomic E-state index is 9.67. The molecule has 0 aliphatic carbocycles. The van der Waals surface area contributed by atoms with E-state index in [-0.39, 0.29) is 6.10 Å². The van der Waals surface area contributed by atoms with Crippen molar-refractivity contribution in [1.29, 1.82) is 0 Å². The fourth-order valence-corrected chi connectivity index (χ4v) is 2.26. The average molecular weight is 256 g/mol. The SMILES string of the molecule is CN1CCc2cc(C(O)CBr)ccc21. The van der Waals surface area contributed by atoms with E-state index in [2.05, 4.69) is 40.0 Å². The fourth-order valence-electron chi connectivity index (χ4n) is 1.88. The molecule has 0 spiro atoms. The molecule has 1 aliphatic rings. The standard InChI is InChI=1S/C11H14BrNO/c1-13-5-4-8-6-9(11(14)7-12)2-3-10(8)13/h2-3,6,11,14H,4-5,7H2,1H3. The minimum absolute atomic E-state index is 0.383. The molecule has 0 radical (unpaired) electrons. The molecule has 1 aromatic rings. The van der Waals surface area contributed by atoms with E-state index in [9.17, 15) is 5.11 Å². The van der Waals surface area contributed by atoms with Gasteiger partial charge in [0.05, 0.1) is 6.10 Å². The number of anilines is 1. The van der Waals surface area contributed by atoms with Gasteiger partial charge in [-0.05, 0) is 23.6 Å². The second-order valence-corrected chi connectivity index (χ2v) is 4.38. The molecule has 0 saturated carbocycles. The van der Waals surface area contributed by atoms with Crippen molar-refractivity contribution in [3.05, 3.63) is 29.3 Å². The minimum Gasteiger partial charge on any atom is -0.388 e. The molecule has 2 nitrogen and oxygen atoms in total. The summed E-state index contributed by atoms with van der Waals surface area (Å²) in [5.74, 6) is 0. The van der Waals surface area contributed by atoms with Gasteiger partial charge in [-0.15, -0.1) is 0 Å². The first kappa shape index (κ1) is 9.99. The van der Waals surface area contributed by atoms with Crippen LogP contribution in [0.15, 0.2) is 18.2 Å². The third kappa shape index (κ3) is 1.66. The van der Waals surface area contributed by atoms with Gasteiger partial charge in [-0.3, -0.25) is 0 Å². The summed E-state index contributed by atoms with van der Waals surface area (Å²) in [5, 5.41) is 10.3. The molecular weight excluding hydrogens is 242 g/mol. The molecule has 0 aromatic heterocycles. The van der Waals surface area contributed by atoms with Gasteiger partial charge in [0.2, 0.25) is 0 Å². The Morgan fingerprint density at radius 1 is 1.57 bits per heavy atom. The molecule has 1 aromatic carbocycles. The van der Waals surface area contributed by atoms with Gasteiger partial charge in [0, 0.05) is 24.6 Å². The topological polar surface area (TPSA) is 23.5 Å². The highest BCUT2D eigenvalue weighted by atomic mass is 79.9. The van der Waals surface area contributed by atoms with E-state index in [1.54, 1.807) is 0 Å². The Morgan fingerprint density at radius 3 is 3.07 bits per heavy atom. The molecule has 1 atom stereocenters. The van der Waals surface area contributed by atoms with Gasteiger partial charge in [0.1, 0.15) is 0 Å². The number of halogens is 1. The Bertz CT molecular complexity index is 340. The number of likely N-dealkylation sites (N-methyl/N-ethyl adjacent to an activating group) is 1. The molecule has 0 amide bonds. The van der Waals surface area contributed by atoms with Crippen LogP contribution in [0.25, 0.3) is 0 Å². The predicted octanol–water partition coefficient (Wildman–Crippen LogP) is 2.11. The zero-order valence-electron chi connectivity index (χ0n) is 8.20. The minimum atomic E-state index is -0.383. The van der Waals surface area contributed by atoms with E-state index >= 15 is 0 Å². The quantitative estimate of drug-likeness (QED) is 0.819. The molecule has 1 aliphatic heterocycles. The van der Waals surface area contributed by atoms with Crippen molar-refractivity contribution < 1.29 is 5.11 Å². The lowest BCUT2D eigenvalue weighted by molar-refractivity contribution is 0.205. The Labute approximate surface area is 92.7 Å². The van der Waals surface area contributed by atoms with Crippen LogP contribution in [-0.2, 0) is 6.42 Å². The van der Waals surface area contributed by atoms with Crippen LogP contribution < -0.4 is 4.90 Å². The number of rotatable bonds is 2. The summed E-state index contributed by atoms with van der Waals surface area (Å²) in [6.07, 6.45) is 0.709. The number of benzene rings is 1. The number of aliphatic hydroxyl groups excluding tert-OH is 1. The maximum atomic E-state index is 9.67. The van der Waals surface area contributed by atoms with Crippen LogP contribution in [0.5, 0.6) is 0 Å². The monoisotopic (exact) mass is 255 g/mol. The van der Waals surface area contributed by atoms with Crippen LogP contribution in [0.4, 0.5) is 5.69 Å². The molecule has 0 fully saturated rings. The van der Waals surface area contributed by atoms with Crippen molar-refractivity contribution in [3.8, 4) is 0 Å². The normalized spacial score (nSPS) is 16.9. The smallest absolute Gasteiger partial charge is 0.0886 e. The maximum Gasteiger partial charge on any atom is 0.0886 e. The second kappa shape index (κ2) is 3.91.